The number of fused-ring (bicyclic) bond motifs is 6. The van der Waals surface area contributed by atoms with Crippen molar-refractivity contribution in [3.05, 3.63) is 206 Å². The first-order chi connectivity index (χ1) is 28.3. The largest absolute Gasteiger partial charge is 0.306 e. The lowest BCUT2D eigenvalue weighted by molar-refractivity contribution is 1.17. The molecule has 0 saturated carbocycles. The van der Waals surface area contributed by atoms with Crippen molar-refractivity contribution in [3.8, 4) is 62.0 Å². The normalized spacial score (nSPS) is 11.5. The van der Waals surface area contributed by atoms with Crippen LogP contribution < -0.4 is 0 Å². The van der Waals surface area contributed by atoms with E-state index in [0.29, 0.717) is 5.82 Å². The van der Waals surface area contributed by atoms with Gasteiger partial charge in [-0.15, -0.1) is 0 Å². The van der Waals surface area contributed by atoms with E-state index in [1.54, 1.807) is 0 Å². The van der Waals surface area contributed by atoms with E-state index in [2.05, 4.69) is 199 Å². The molecule has 57 heavy (non-hydrogen) atoms. The molecule has 0 radical (unpaired) electrons. The van der Waals surface area contributed by atoms with Crippen molar-refractivity contribution in [1.29, 1.82) is 0 Å². The minimum atomic E-state index is 0.682. The van der Waals surface area contributed by atoms with Crippen LogP contribution in [0.1, 0.15) is 0 Å². The standard InChI is InChI=1S/C53H34N4/c1-4-16-35(17-5-1)36-28-30-38(31-29-36)47-34-46(37-18-6-2-7-19-37)55-53(56-47)42-32-33-49(41-23-11-10-22-40(41)42)57-48-27-15-13-25-44(48)50-43-24-12-14-26-45(43)54-51(52(50)57)39-20-8-3-9-21-39/h1-34H. The third-order valence-electron chi connectivity index (χ3n) is 11.0. The molecule has 3 heterocycles. The van der Waals surface area contributed by atoms with Crippen molar-refractivity contribution in [1.82, 2.24) is 19.5 Å². The van der Waals surface area contributed by atoms with E-state index in [0.717, 1.165) is 77.7 Å². The maximum atomic E-state index is 5.36. The Bertz CT molecular complexity index is 3260. The van der Waals surface area contributed by atoms with Gasteiger partial charge in [-0.2, -0.15) is 0 Å². The Kier molecular flexibility index (Phi) is 7.78. The molecule has 0 aliphatic rings. The average molecular weight is 727 g/mol. The van der Waals surface area contributed by atoms with Crippen molar-refractivity contribution < 1.29 is 0 Å². The second-order valence-electron chi connectivity index (χ2n) is 14.4. The molecule has 0 amide bonds. The maximum absolute atomic E-state index is 5.36. The number of hydrogen-bond donors (Lipinski definition) is 0. The fourth-order valence-corrected chi connectivity index (χ4v) is 8.35. The summed E-state index contributed by atoms with van der Waals surface area (Å²) in [6.07, 6.45) is 0. The molecule has 3 aromatic heterocycles. The number of aromatic nitrogens is 4. The molecule has 0 spiro atoms. The second kappa shape index (κ2) is 13.6. The summed E-state index contributed by atoms with van der Waals surface area (Å²) in [6, 6.07) is 72.5. The molecular weight excluding hydrogens is 693 g/mol. The van der Waals surface area contributed by atoms with Crippen molar-refractivity contribution in [2.45, 2.75) is 0 Å². The fourth-order valence-electron chi connectivity index (χ4n) is 8.35. The van der Waals surface area contributed by atoms with Crippen molar-refractivity contribution in [3.63, 3.8) is 0 Å². The number of nitrogens with zero attached hydrogens (tertiary/aromatic N) is 4. The van der Waals surface area contributed by atoms with Gasteiger partial charge in [-0.05, 0) is 46.8 Å². The lowest BCUT2D eigenvalue weighted by Gasteiger charge is -2.17. The predicted molar refractivity (Wildman–Crippen MR) is 236 cm³/mol. The highest BCUT2D eigenvalue weighted by molar-refractivity contribution is 6.24. The number of hydrogen-bond acceptors (Lipinski definition) is 3. The fraction of sp³-hybridized carbons (Fsp3) is 0. The highest BCUT2D eigenvalue weighted by Gasteiger charge is 2.23. The summed E-state index contributed by atoms with van der Waals surface area (Å²) in [5, 5.41) is 5.71. The molecule has 266 valence electrons. The van der Waals surface area contributed by atoms with Gasteiger partial charge in [0.05, 0.1) is 39.3 Å². The van der Waals surface area contributed by atoms with E-state index in [-0.39, 0.29) is 0 Å². The topological polar surface area (TPSA) is 43.6 Å². The third-order valence-corrected chi connectivity index (χ3v) is 11.0. The minimum absolute atomic E-state index is 0.682. The molecule has 8 aromatic carbocycles. The Morgan fingerprint density at radius 1 is 0.351 bits per heavy atom. The monoisotopic (exact) mass is 726 g/mol. The number of para-hydroxylation sites is 2. The van der Waals surface area contributed by atoms with Gasteiger partial charge in [-0.1, -0.05) is 176 Å². The van der Waals surface area contributed by atoms with Crippen LogP contribution in [0.15, 0.2) is 206 Å². The van der Waals surface area contributed by atoms with Crippen LogP contribution >= 0.6 is 0 Å². The van der Waals surface area contributed by atoms with Gasteiger partial charge < -0.3 is 4.57 Å². The highest BCUT2D eigenvalue weighted by atomic mass is 15.0. The Labute approximate surface area is 330 Å². The quantitative estimate of drug-likeness (QED) is 0.171. The molecule has 0 N–H and O–H groups in total. The summed E-state index contributed by atoms with van der Waals surface area (Å²) >= 11 is 0. The number of benzene rings is 8. The molecule has 0 saturated heterocycles. The summed E-state index contributed by atoms with van der Waals surface area (Å²) in [7, 11) is 0. The summed E-state index contributed by atoms with van der Waals surface area (Å²) < 4.78 is 2.42. The van der Waals surface area contributed by atoms with Crippen molar-refractivity contribution in [2.24, 2.45) is 0 Å². The maximum Gasteiger partial charge on any atom is 0.161 e. The van der Waals surface area contributed by atoms with Crippen LogP contribution in [0.5, 0.6) is 0 Å². The Morgan fingerprint density at radius 3 is 1.56 bits per heavy atom. The Hall–Kier alpha value is -7.69. The minimum Gasteiger partial charge on any atom is -0.306 e. The lowest BCUT2D eigenvalue weighted by Crippen LogP contribution is -2.01. The summed E-state index contributed by atoms with van der Waals surface area (Å²) in [5.74, 6) is 0.682. The smallest absolute Gasteiger partial charge is 0.161 e. The zero-order valence-electron chi connectivity index (χ0n) is 30.9. The first kappa shape index (κ1) is 32.7. The molecule has 4 heteroatoms. The van der Waals surface area contributed by atoms with Gasteiger partial charge in [0, 0.05) is 43.8 Å². The number of rotatable bonds is 6. The summed E-state index contributed by atoms with van der Waals surface area (Å²) in [6.45, 7) is 0. The summed E-state index contributed by atoms with van der Waals surface area (Å²) in [4.78, 5) is 15.9. The first-order valence-corrected chi connectivity index (χ1v) is 19.3. The molecule has 11 aromatic rings. The zero-order chi connectivity index (χ0) is 37.7. The van der Waals surface area contributed by atoms with Crippen molar-refractivity contribution in [2.75, 3.05) is 0 Å². The lowest BCUT2D eigenvalue weighted by atomic mass is 10.00. The molecule has 0 atom stereocenters. The molecule has 0 fully saturated rings. The van der Waals surface area contributed by atoms with Crippen molar-refractivity contribution >= 4 is 43.5 Å². The van der Waals surface area contributed by atoms with E-state index in [1.807, 2.05) is 12.1 Å². The van der Waals surface area contributed by atoms with Gasteiger partial charge >= 0.3 is 0 Å². The molecule has 0 aliphatic carbocycles. The van der Waals surface area contributed by atoms with Crippen LogP contribution in [0.4, 0.5) is 0 Å². The summed E-state index contributed by atoms with van der Waals surface area (Å²) in [5.41, 5.74) is 13.5. The van der Waals surface area contributed by atoms with Gasteiger partial charge in [0.15, 0.2) is 5.82 Å². The molecule has 0 bridgehead atoms. The zero-order valence-corrected chi connectivity index (χ0v) is 30.9. The predicted octanol–water partition coefficient (Wildman–Crippen LogP) is 13.6. The van der Waals surface area contributed by atoms with Gasteiger partial charge in [0.25, 0.3) is 0 Å². The molecule has 0 unspecified atom stereocenters. The SMILES string of the molecule is c1ccc(-c2ccc(-c3cc(-c4ccccc4)nc(-c4ccc(-n5c6ccccc6c6c7ccccc7nc(-c7ccccc7)c65)c5ccccc45)n3)cc2)cc1. The van der Waals surface area contributed by atoms with Crippen LogP contribution in [0.3, 0.4) is 0 Å². The van der Waals surface area contributed by atoms with E-state index >= 15 is 0 Å². The molecule has 4 nitrogen and oxygen atoms in total. The van der Waals surface area contributed by atoms with Gasteiger partial charge in [-0.3, -0.25) is 0 Å². The molecule has 0 aliphatic heterocycles. The van der Waals surface area contributed by atoms with Gasteiger partial charge in [0.1, 0.15) is 0 Å². The highest BCUT2D eigenvalue weighted by Crippen LogP contribution is 2.43. The number of pyridine rings is 1. The van der Waals surface area contributed by atoms with Crippen LogP contribution in [0, 0.1) is 0 Å². The van der Waals surface area contributed by atoms with Gasteiger partial charge in [-0.25, -0.2) is 15.0 Å². The first-order valence-electron chi connectivity index (χ1n) is 19.3. The van der Waals surface area contributed by atoms with Crippen LogP contribution in [0.2, 0.25) is 0 Å². The Balaban J connectivity index is 1.15. The van der Waals surface area contributed by atoms with Gasteiger partial charge in [0.2, 0.25) is 0 Å². The van der Waals surface area contributed by atoms with E-state index < -0.39 is 0 Å². The Morgan fingerprint density at radius 2 is 0.860 bits per heavy atom. The van der Waals surface area contributed by atoms with E-state index in [9.17, 15) is 0 Å². The van der Waals surface area contributed by atoms with Crippen LogP contribution in [-0.4, -0.2) is 19.5 Å². The average Bonchev–Trinajstić information content (AvgIpc) is 3.64. The van der Waals surface area contributed by atoms with Crippen LogP contribution in [0.25, 0.3) is 105 Å². The van der Waals surface area contributed by atoms with Crippen LogP contribution in [-0.2, 0) is 0 Å². The van der Waals surface area contributed by atoms with E-state index in [1.165, 1.54) is 21.9 Å². The second-order valence-corrected chi connectivity index (χ2v) is 14.4. The third kappa shape index (κ3) is 5.58. The molecule has 11 rings (SSSR count). The molecular formula is C53H34N4. The van der Waals surface area contributed by atoms with E-state index in [4.69, 9.17) is 15.0 Å².